The molecular formula is C12H11BrO4. The number of benzene rings is 1. The number of hydrogen-bond acceptors (Lipinski definition) is 4. The standard InChI is InChI=1S/C12H11BrO4/c1-6-3-8-7(9(13)4-6)5-10(12(15)16-2)17-11(8)14/h3-4,10H,5H2,1-2H3. The fourth-order valence-electron chi connectivity index (χ4n) is 1.84. The van der Waals surface area contributed by atoms with Gasteiger partial charge in [0.1, 0.15) is 0 Å². The molecule has 0 N–H and O–H groups in total. The molecule has 1 unspecified atom stereocenters. The normalized spacial score (nSPS) is 18.3. The predicted molar refractivity (Wildman–Crippen MR) is 63.8 cm³/mol. The zero-order chi connectivity index (χ0) is 12.6. The first kappa shape index (κ1) is 12.1. The Morgan fingerprint density at radius 2 is 2.24 bits per heavy atom. The van der Waals surface area contributed by atoms with Crippen LogP contribution in [0.4, 0.5) is 0 Å². The second-order valence-corrected chi connectivity index (χ2v) is 4.75. The van der Waals surface area contributed by atoms with E-state index in [2.05, 4.69) is 20.7 Å². The number of methoxy groups -OCH3 is 1. The minimum absolute atomic E-state index is 0.342. The highest BCUT2D eigenvalue weighted by atomic mass is 79.9. The van der Waals surface area contributed by atoms with Gasteiger partial charge < -0.3 is 9.47 Å². The van der Waals surface area contributed by atoms with E-state index in [9.17, 15) is 9.59 Å². The molecule has 0 aromatic heterocycles. The average molecular weight is 299 g/mol. The first-order chi connectivity index (χ1) is 8.02. The molecule has 1 aliphatic rings. The summed E-state index contributed by atoms with van der Waals surface area (Å²) in [5.74, 6) is -1.01. The first-order valence-corrected chi connectivity index (χ1v) is 5.90. The number of cyclic esters (lactones) is 1. The second kappa shape index (κ2) is 4.49. The van der Waals surface area contributed by atoms with Gasteiger partial charge in [0.25, 0.3) is 0 Å². The summed E-state index contributed by atoms with van der Waals surface area (Å²) in [4.78, 5) is 23.2. The SMILES string of the molecule is COC(=O)C1Cc2c(Br)cc(C)cc2C(=O)O1. The molecule has 0 radical (unpaired) electrons. The Labute approximate surface area is 107 Å². The third-order valence-electron chi connectivity index (χ3n) is 2.66. The Kier molecular flexibility index (Phi) is 3.19. The van der Waals surface area contributed by atoms with Gasteiger partial charge >= 0.3 is 11.9 Å². The van der Waals surface area contributed by atoms with Gasteiger partial charge in [-0.25, -0.2) is 9.59 Å². The molecule has 1 aromatic carbocycles. The highest BCUT2D eigenvalue weighted by molar-refractivity contribution is 9.10. The Hall–Kier alpha value is -1.36. The maximum atomic E-state index is 11.8. The van der Waals surface area contributed by atoms with Crippen molar-refractivity contribution < 1.29 is 19.1 Å². The molecule has 5 heteroatoms. The van der Waals surface area contributed by atoms with Crippen molar-refractivity contribution in [2.45, 2.75) is 19.4 Å². The summed E-state index contributed by atoms with van der Waals surface area (Å²) in [6, 6.07) is 3.67. The van der Waals surface area contributed by atoms with Gasteiger partial charge in [0.05, 0.1) is 12.7 Å². The van der Waals surface area contributed by atoms with Crippen LogP contribution in [0.2, 0.25) is 0 Å². The molecule has 0 saturated heterocycles. The maximum absolute atomic E-state index is 11.8. The van der Waals surface area contributed by atoms with Crippen LogP contribution in [-0.2, 0) is 20.7 Å². The highest BCUT2D eigenvalue weighted by Gasteiger charge is 2.33. The van der Waals surface area contributed by atoms with Gasteiger partial charge in [0, 0.05) is 10.9 Å². The monoisotopic (exact) mass is 298 g/mol. The third kappa shape index (κ3) is 2.20. The van der Waals surface area contributed by atoms with Crippen LogP contribution in [0.15, 0.2) is 16.6 Å². The van der Waals surface area contributed by atoms with E-state index in [4.69, 9.17) is 4.74 Å². The van der Waals surface area contributed by atoms with Crippen molar-refractivity contribution in [1.82, 2.24) is 0 Å². The quantitative estimate of drug-likeness (QED) is 0.744. The summed E-state index contributed by atoms with van der Waals surface area (Å²) in [5.41, 5.74) is 2.27. The maximum Gasteiger partial charge on any atom is 0.347 e. The van der Waals surface area contributed by atoms with Crippen molar-refractivity contribution in [1.29, 1.82) is 0 Å². The molecule has 0 amide bonds. The molecule has 0 bridgehead atoms. The fraction of sp³-hybridized carbons (Fsp3) is 0.333. The van der Waals surface area contributed by atoms with Gasteiger partial charge in [-0.15, -0.1) is 0 Å². The highest BCUT2D eigenvalue weighted by Crippen LogP contribution is 2.29. The van der Waals surface area contributed by atoms with Crippen LogP contribution in [0.25, 0.3) is 0 Å². The molecule has 1 aliphatic heterocycles. The summed E-state index contributed by atoms with van der Waals surface area (Å²) < 4.78 is 10.4. The lowest BCUT2D eigenvalue weighted by Crippen LogP contribution is -2.35. The molecule has 0 saturated carbocycles. The Morgan fingerprint density at radius 1 is 1.53 bits per heavy atom. The summed E-state index contributed by atoms with van der Waals surface area (Å²) in [6.07, 6.45) is -0.506. The molecule has 1 heterocycles. The first-order valence-electron chi connectivity index (χ1n) is 5.10. The molecule has 17 heavy (non-hydrogen) atoms. The van der Waals surface area contributed by atoms with Crippen LogP contribution < -0.4 is 0 Å². The summed E-state index contributed by atoms with van der Waals surface area (Å²) in [7, 11) is 1.27. The molecule has 0 fully saturated rings. The molecule has 0 aliphatic carbocycles. The number of rotatable bonds is 1. The van der Waals surface area contributed by atoms with E-state index in [1.807, 2.05) is 13.0 Å². The van der Waals surface area contributed by atoms with E-state index in [0.29, 0.717) is 12.0 Å². The van der Waals surface area contributed by atoms with Gasteiger partial charge in [-0.05, 0) is 30.2 Å². The second-order valence-electron chi connectivity index (χ2n) is 3.89. The van der Waals surface area contributed by atoms with Crippen molar-refractivity contribution in [2.75, 3.05) is 7.11 Å². The minimum atomic E-state index is -0.848. The lowest BCUT2D eigenvalue weighted by molar-refractivity contribution is -0.151. The minimum Gasteiger partial charge on any atom is -0.466 e. The molecule has 90 valence electrons. The van der Waals surface area contributed by atoms with Crippen molar-refractivity contribution in [3.63, 3.8) is 0 Å². The van der Waals surface area contributed by atoms with Crippen LogP contribution in [0.3, 0.4) is 0 Å². The van der Waals surface area contributed by atoms with Crippen LogP contribution in [0.5, 0.6) is 0 Å². The molecule has 0 spiro atoms. The summed E-state index contributed by atoms with van der Waals surface area (Å²) >= 11 is 3.40. The number of ether oxygens (including phenoxy) is 2. The van der Waals surface area contributed by atoms with Crippen molar-refractivity contribution in [3.8, 4) is 0 Å². The Morgan fingerprint density at radius 3 is 2.88 bits per heavy atom. The number of carbonyl (C=O) groups is 2. The number of esters is 2. The molecule has 4 nitrogen and oxygen atoms in total. The predicted octanol–water partition coefficient (Wildman–Crippen LogP) is 2.01. The van der Waals surface area contributed by atoms with Crippen molar-refractivity contribution in [2.24, 2.45) is 0 Å². The van der Waals surface area contributed by atoms with Crippen LogP contribution >= 0.6 is 15.9 Å². The van der Waals surface area contributed by atoms with Gasteiger partial charge in [-0.3, -0.25) is 0 Å². The summed E-state index contributed by atoms with van der Waals surface area (Å²) in [6.45, 7) is 1.89. The fourth-order valence-corrected chi connectivity index (χ4v) is 2.58. The number of hydrogen-bond donors (Lipinski definition) is 0. The zero-order valence-electron chi connectivity index (χ0n) is 9.45. The average Bonchev–Trinajstić information content (AvgIpc) is 2.29. The number of fused-ring (bicyclic) bond motifs is 1. The van der Waals surface area contributed by atoms with Crippen LogP contribution in [-0.4, -0.2) is 25.2 Å². The van der Waals surface area contributed by atoms with Gasteiger partial charge in [0.2, 0.25) is 6.10 Å². The number of carbonyl (C=O) groups excluding carboxylic acids is 2. The van der Waals surface area contributed by atoms with E-state index in [-0.39, 0.29) is 0 Å². The molecular weight excluding hydrogens is 288 g/mol. The van der Waals surface area contributed by atoms with Crippen molar-refractivity contribution >= 4 is 27.9 Å². The largest absolute Gasteiger partial charge is 0.466 e. The Balaban J connectivity index is 2.43. The topological polar surface area (TPSA) is 52.6 Å². The van der Waals surface area contributed by atoms with Gasteiger partial charge in [-0.1, -0.05) is 15.9 Å². The van der Waals surface area contributed by atoms with E-state index in [1.54, 1.807) is 6.07 Å². The number of halogens is 1. The van der Waals surface area contributed by atoms with Crippen molar-refractivity contribution in [3.05, 3.63) is 33.3 Å². The molecule has 1 atom stereocenters. The Bertz CT molecular complexity index is 496. The van der Waals surface area contributed by atoms with E-state index >= 15 is 0 Å². The molecule has 1 aromatic rings. The van der Waals surface area contributed by atoms with Gasteiger partial charge in [-0.2, -0.15) is 0 Å². The smallest absolute Gasteiger partial charge is 0.347 e. The lowest BCUT2D eigenvalue weighted by Gasteiger charge is -2.24. The van der Waals surface area contributed by atoms with Crippen LogP contribution in [0, 0.1) is 6.92 Å². The lowest BCUT2D eigenvalue weighted by atomic mass is 9.97. The van der Waals surface area contributed by atoms with E-state index in [1.165, 1.54) is 7.11 Å². The van der Waals surface area contributed by atoms with E-state index < -0.39 is 18.0 Å². The third-order valence-corrected chi connectivity index (χ3v) is 3.37. The zero-order valence-corrected chi connectivity index (χ0v) is 11.0. The number of aryl methyl sites for hydroxylation is 1. The van der Waals surface area contributed by atoms with Crippen LogP contribution in [0.1, 0.15) is 21.5 Å². The molecule has 2 rings (SSSR count). The van der Waals surface area contributed by atoms with Gasteiger partial charge in [0.15, 0.2) is 0 Å². The summed E-state index contributed by atoms with van der Waals surface area (Å²) in [5, 5.41) is 0. The van der Waals surface area contributed by atoms with E-state index in [0.717, 1.165) is 15.6 Å².